The van der Waals surface area contributed by atoms with Crippen molar-refractivity contribution in [3.8, 4) is 22.8 Å². The van der Waals surface area contributed by atoms with Gasteiger partial charge in [-0.15, -0.1) is 0 Å². The second kappa shape index (κ2) is 8.03. The summed E-state index contributed by atoms with van der Waals surface area (Å²) in [6.45, 7) is 4.04. The van der Waals surface area contributed by atoms with E-state index in [2.05, 4.69) is 0 Å². The zero-order chi connectivity index (χ0) is 21.3. The fourth-order valence-electron chi connectivity index (χ4n) is 3.23. The molecule has 5 heteroatoms. The van der Waals surface area contributed by atoms with E-state index in [-0.39, 0.29) is 23.6 Å². The Morgan fingerprint density at radius 3 is 2.27 bits per heavy atom. The number of aryl methyl sites for hydroxylation is 2. The Hall–Kier alpha value is -3.60. The molecule has 1 heterocycles. The molecular formula is C25H21FO4. The van der Waals surface area contributed by atoms with E-state index < -0.39 is 0 Å². The van der Waals surface area contributed by atoms with Crippen molar-refractivity contribution in [1.82, 2.24) is 0 Å². The van der Waals surface area contributed by atoms with Crippen LogP contribution < -0.4 is 14.9 Å². The highest BCUT2D eigenvalue weighted by Crippen LogP contribution is 2.33. The minimum absolute atomic E-state index is 0.116. The molecule has 0 aliphatic rings. The van der Waals surface area contributed by atoms with Gasteiger partial charge in [-0.2, -0.15) is 0 Å². The molecule has 1 aromatic heterocycles. The first kappa shape index (κ1) is 19.7. The van der Waals surface area contributed by atoms with Crippen LogP contribution in [0.25, 0.3) is 22.3 Å². The molecule has 0 aliphatic carbocycles. The van der Waals surface area contributed by atoms with Crippen LogP contribution in [0.1, 0.15) is 16.7 Å². The van der Waals surface area contributed by atoms with Crippen LogP contribution in [0, 0.1) is 19.7 Å². The molecule has 4 rings (SSSR count). The lowest BCUT2D eigenvalue weighted by Gasteiger charge is -2.13. The molecular weight excluding hydrogens is 383 g/mol. The normalized spacial score (nSPS) is 10.9. The highest BCUT2D eigenvalue weighted by Gasteiger charge is 2.19. The van der Waals surface area contributed by atoms with Gasteiger partial charge < -0.3 is 13.9 Å². The van der Waals surface area contributed by atoms with Crippen molar-refractivity contribution >= 4 is 11.0 Å². The highest BCUT2D eigenvalue weighted by atomic mass is 19.1. The lowest BCUT2D eigenvalue weighted by Crippen LogP contribution is -2.10. The van der Waals surface area contributed by atoms with E-state index in [4.69, 9.17) is 13.9 Å². The Bertz CT molecular complexity index is 1260. The molecule has 3 aromatic carbocycles. The molecule has 0 saturated carbocycles. The van der Waals surface area contributed by atoms with E-state index in [0.717, 1.165) is 16.7 Å². The summed E-state index contributed by atoms with van der Waals surface area (Å²) in [5.41, 5.74) is 3.73. The average Bonchev–Trinajstić information content (AvgIpc) is 2.76. The molecule has 0 unspecified atom stereocenters. The van der Waals surface area contributed by atoms with E-state index in [0.29, 0.717) is 28.0 Å². The van der Waals surface area contributed by atoms with Crippen molar-refractivity contribution in [2.75, 3.05) is 7.11 Å². The third-order valence-electron chi connectivity index (χ3n) is 5.11. The summed E-state index contributed by atoms with van der Waals surface area (Å²) in [5.74, 6) is 0.844. The quantitative estimate of drug-likeness (QED) is 0.422. The van der Waals surface area contributed by atoms with E-state index >= 15 is 0 Å². The maximum Gasteiger partial charge on any atom is 0.235 e. The Balaban J connectivity index is 1.85. The van der Waals surface area contributed by atoms with Crippen LogP contribution in [0.4, 0.5) is 4.39 Å². The Morgan fingerprint density at radius 2 is 1.60 bits per heavy atom. The SMILES string of the molecule is COc1ccc(-c2oc3cc(C)c(C)cc3c(=O)c2OCc2ccc(F)cc2)cc1. The average molecular weight is 404 g/mol. The molecule has 4 nitrogen and oxygen atoms in total. The van der Waals surface area contributed by atoms with Gasteiger partial charge in [0.25, 0.3) is 0 Å². The fraction of sp³-hybridized carbons (Fsp3) is 0.160. The van der Waals surface area contributed by atoms with Crippen LogP contribution in [-0.4, -0.2) is 7.11 Å². The largest absolute Gasteiger partial charge is 0.497 e. The van der Waals surface area contributed by atoms with Crippen molar-refractivity contribution in [3.05, 3.63) is 93.4 Å². The summed E-state index contributed by atoms with van der Waals surface area (Å²) >= 11 is 0. The Labute approximate surface area is 173 Å². The van der Waals surface area contributed by atoms with E-state index in [1.807, 2.05) is 38.1 Å². The van der Waals surface area contributed by atoms with Crippen molar-refractivity contribution in [2.24, 2.45) is 0 Å². The van der Waals surface area contributed by atoms with Gasteiger partial charge in [-0.05, 0) is 79.1 Å². The smallest absolute Gasteiger partial charge is 0.235 e. The zero-order valence-electron chi connectivity index (χ0n) is 17.0. The summed E-state index contributed by atoms with van der Waals surface area (Å²) in [6.07, 6.45) is 0. The third kappa shape index (κ3) is 3.79. The van der Waals surface area contributed by atoms with Gasteiger partial charge in [-0.1, -0.05) is 12.1 Å². The number of ether oxygens (including phenoxy) is 2. The fourth-order valence-corrected chi connectivity index (χ4v) is 3.23. The van der Waals surface area contributed by atoms with E-state index in [1.54, 1.807) is 31.4 Å². The minimum atomic E-state index is -0.325. The molecule has 0 amide bonds. The number of rotatable bonds is 5. The van der Waals surface area contributed by atoms with Gasteiger partial charge in [0.2, 0.25) is 11.2 Å². The molecule has 0 saturated heterocycles. The van der Waals surface area contributed by atoms with Crippen LogP contribution in [0.3, 0.4) is 0 Å². The third-order valence-corrected chi connectivity index (χ3v) is 5.11. The second-order valence-electron chi connectivity index (χ2n) is 7.17. The molecule has 0 radical (unpaired) electrons. The van der Waals surface area contributed by atoms with Gasteiger partial charge in [0, 0.05) is 5.56 Å². The first-order valence-electron chi connectivity index (χ1n) is 9.56. The van der Waals surface area contributed by atoms with Crippen LogP contribution in [-0.2, 0) is 6.61 Å². The minimum Gasteiger partial charge on any atom is -0.497 e. The highest BCUT2D eigenvalue weighted by molar-refractivity contribution is 5.83. The summed E-state index contributed by atoms with van der Waals surface area (Å²) in [7, 11) is 1.59. The predicted molar refractivity (Wildman–Crippen MR) is 115 cm³/mol. The van der Waals surface area contributed by atoms with Crippen LogP contribution in [0.2, 0.25) is 0 Å². The Morgan fingerprint density at radius 1 is 0.933 bits per heavy atom. The molecule has 0 N–H and O–H groups in total. The lowest BCUT2D eigenvalue weighted by atomic mass is 10.0. The number of methoxy groups -OCH3 is 1. The van der Waals surface area contributed by atoms with E-state index in [1.165, 1.54) is 12.1 Å². The van der Waals surface area contributed by atoms with Crippen molar-refractivity contribution < 1.29 is 18.3 Å². The number of fused-ring (bicyclic) bond motifs is 1. The molecule has 152 valence electrons. The second-order valence-corrected chi connectivity index (χ2v) is 7.17. The van der Waals surface area contributed by atoms with Crippen molar-refractivity contribution in [1.29, 1.82) is 0 Å². The van der Waals surface area contributed by atoms with Gasteiger partial charge in [-0.25, -0.2) is 4.39 Å². The van der Waals surface area contributed by atoms with Crippen LogP contribution >= 0.6 is 0 Å². The number of halogens is 1. The lowest BCUT2D eigenvalue weighted by molar-refractivity contribution is 0.297. The first-order chi connectivity index (χ1) is 14.5. The molecule has 4 aromatic rings. The molecule has 0 fully saturated rings. The predicted octanol–water partition coefficient (Wildman–Crippen LogP) is 5.80. The van der Waals surface area contributed by atoms with Crippen molar-refractivity contribution in [3.63, 3.8) is 0 Å². The van der Waals surface area contributed by atoms with Gasteiger partial charge >= 0.3 is 0 Å². The summed E-state index contributed by atoms with van der Waals surface area (Å²) in [5, 5.41) is 0.462. The number of hydrogen-bond acceptors (Lipinski definition) is 4. The van der Waals surface area contributed by atoms with Gasteiger partial charge in [0.15, 0.2) is 5.76 Å². The van der Waals surface area contributed by atoms with E-state index in [9.17, 15) is 9.18 Å². The number of benzene rings is 3. The molecule has 0 aliphatic heterocycles. The van der Waals surface area contributed by atoms with Crippen LogP contribution in [0.5, 0.6) is 11.5 Å². The Kier molecular flexibility index (Phi) is 5.27. The first-order valence-corrected chi connectivity index (χ1v) is 9.56. The van der Waals surface area contributed by atoms with Gasteiger partial charge in [0.05, 0.1) is 12.5 Å². The topological polar surface area (TPSA) is 48.7 Å². The monoisotopic (exact) mass is 404 g/mol. The van der Waals surface area contributed by atoms with Crippen LogP contribution in [0.15, 0.2) is 69.9 Å². The molecule has 30 heavy (non-hydrogen) atoms. The standard InChI is InChI=1S/C25H21FO4/c1-15-12-21-22(13-16(15)2)30-24(18-6-10-20(28-3)11-7-18)25(23(21)27)29-14-17-4-8-19(26)9-5-17/h4-13H,14H2,1-3H3. The molecule has 0 spiro atoms. The molecule has 0 bridgehead atoms. The van der Waals surface area contributed by atoms with Crippen molar-refractivity contribution in [2.45, 2.75) is 20.5 Å². The molecule has 0 atom stereocenters. The van der Waals surface area contributed by atoms with Gasteiger partial charge in [-0.3, -0.25) is 4.79 Å². The zero-order valence-corrected chi connectivity index (χ0v) is 17.0. The summed E-state index contributed by atoms with van der Waals surface area (Å²) in [4.78, 5) is 13.3. The number of hydrogen-bond donors (Lipinski definition) is 0. The maximum absolute atomic E-state index is 13.3. The maximum atomic E-state index is 13.3. The van der Waals surface area contributed by atoms with Gasteiger partial charge in [0.1, 0.15) is 23.8 Å². The summed E-state index contributed by atoms with van der Waals surface area (Å²) < 4.78 is 30.5. The summed E-state index contributed by atoms with van der Waals surface area (Å²) in [6, 6.07) is 16.9.